The molecule has 0 spiro atoms. The van der Waals surface area contributed by atoms with Crippen LogP contribution < -0.4 is 5.32 Å². The minimum absolute atomic E-state index is 0.0709. The van der Waals surface area contributed by atoms with Crippen LogP contribution in [0, 0.1) is 5.92 Å². The fourth-order valence-corrected chi connectivity index (χ4v) is 2.67. The fraction of sp³-hybridized carbons (Fsp3) is 0.600. The Kier molecular flexibility index (Phi) is 8.00. The highest BCUT2D eigenvalue weighted by atomic mass is 32.1. The molecule has 1 heterocycles. The lowest BCUT2D eigenvalue weighted by Gasteiger charge is -2.17. The van der Waals surface area contributed by atoms with Gasteiger partial charge in [0.2, 0.25) is 5.91 Å². The highest BCUT2D eigenvalue weighted by Crippen LogP contribution is 2.11. The van der Waals surface area contributed by atoms with Crippen molar-refractivity contribution in [3.05, 3.63) is 22.4 Å². The van der Waals surface area contributed by atoms with Crippen LogP contribution in [0.3, 0.4) is 0 Å². The summed E-state index contributed by atoms with van der Waals surface area (Å²) in [7, 11) is 1.80. The van der Waals surface area contributed by atoms with E-state index in [2.05, 4.69) is 5.32 Å². The number of thiophene rings is 1. The molecule has 1 amide bonds. The van der Waals surface area contributed by atoms with E-state index >= 15 is 0 Å². The summed E-state index contributed by atoms with van der Waals surface area (Å²) in [6.07, 6.45) is 1.78. The molecular formula is C15H24N2O3S. The molecule has 0 aromatic carbocycles. The van der Waals surface area contributed by atoms with Gasteiger partial charge in [-0.05, 0) is 36.8 Å². The van der Waals surface area contributed by atoms with Gasteiger partial charge in [-0.1, -0.05) is 13.0 Å². The number of hydrogen-bond donors (Lipinski definition) is 2. The van der Waals surface area contributed by atoms with Crippen molar-refractivity contribution in [3.63, 3.8) is 0 Å². The second kappa shape index (κ2) is 9.52. The minimum Gasteiger partial charge on any atom is -0.481 e. The fourth-order valence-electron chi connectivity index (χ4n) is 1.92. The molecular weight excluding hydrogens is 288 g/mol. The molecule has 1 aromatic rings. The summed E-state index contributed by atoms with van der Waals surface area (Å²) in [5, 5.41) is 13.7. The molecule has 0 aliphatic heterocycles. The van der Waals surface area contributed by atoms with Gasteiger partial charge in [0.25, 0.3) is 0 Å². The van der Waals surface area contributed by atoms with Crippen LogP contribution in [0.4, 0.5) is 0 Å². The molecule has 0 aliphatic carbocycles. The lowest BCUT2D eigenvalue weighted by Crippen LogP contribution is -2.35. The Morgan fingerprint density at radius 1 is 1.43 bits per heavy atom. The van der Waals surface area contributed by atoms with E-state index in [0.717, 1.165) is 13.0 Å². The van der Waals surface area contributed by atoms with Crippen LogP contribution in [-0.2, 0) is 16.1 Å². The van der Waals surface area contributed by atoms with Gasteiger partial charge in [-0.15, -0.1) is 11.3 Å². The summed E-state index contributed by atoms with van der Waals surface area (Å²) in [5.41, 5.74) is 0. The Morgan fingerprint density at radius 2 is 2.19 bits per heavy atom. The van der Waals surface area contributed by atoms with Crippen molar-refractivity contribution in [2.75, 3.05) is 20.1 Å². The molecule has 0 radical (unpaired) electrons. The van der Waals surface area contributed by atoms with E-state index in [9.17, 15) is 9.59 Å². The Hall–Kier alpha value is -1.40. The number of carboxylic acid groups (broad SMARTS) is 1. The van der Waals surface area contributed by atoms with E-state index in [1.165, 1.54) is 4.88 Å². The zero-order valence-electron chi connectivity index (χ0n) is 12.7. The Bertz CT molecular complexity index is 434. The monoisotopic (exact) mass is 312 g/mol. The summed E-state index contributed by atoms with van der Waals surface area (Å²) < 4.78 is 0. The highest BCUT2D eigenvalue weighted by Gasteiger charge is 2.10. The smallest absolute Gasteiger partial charge is 0.303 e. The maximum absolute atomic E-state index is 11.9. The third kappa shape index (κ3) is 7.82. The molecule has 1 aromatic heterocycles. The van der Waals surface area contributed by atoms with Crippen molar-refractivity contribution in [1.29, 1.82) is 0 Å². The van der Waals surface area contributed by atoms with Gasteiger partial charge in [0.15, 0.2) is 0 Å². The molecule has 0 aliphatic rings. The van der Waals surface area contributed by atoms with Crippen molar-refractivity contribution in [2.45, 2.75) is 32.7 Å². The number of aliphatic carboxylic acids is 1. The number of hydrogen-bond acceptors (Lipinski definition) is 4. The average Bonchev–Trinajstić information content (AvgIpc) is 2.93. The molecule has 5 nitrogen and oxygen atoms in total. The predicted molar refractivity (Wildman–Crippen MR) is 84.3 cm³/mol. The molecule has 118 valence electrons. The van der Waals surface area contributed by atoms with E-state index in [1.807, 2.05) is 24.4 Å². The maximum Gasteiger partial charge on any atom is 0.303 e. The highest BCUT2D eigenvalue weighted by molar-refractivity contribution is 7.09. The zero-order valence-corrected chi connectivity index (χ0v) is 13.5. The van der Waals surface area contributed by atoms with Gasteiger partial charge in [0, 0.05) is 18.3 Å². The lowest BCUT2D eigenvalue weighted by molar-refractivity contribution is -0.137. The third-order valence-corrected chi connectivity index (χ3v) is 4.20. The van der Waals surface area contributed by atoms with Crippen LogP contribution in [0.1, 0.15) is 31.1 Å². The van der Waals surface area contributed by atoms with Crippen LogP contribution in [0.25, 0.3) is 0 Å². The van der Waals surface area contributed by atoms with Crippen molar-refractivity contribution in [1.82, 2.24) is 10.2 Å². The molecule has 0 saturated carbocycles. The first kappa shape index (κ1) is 17.7. The van der Waals surface area contributed by atoms with E-state index in [1.54, 1.807) is 23.3 Å². The van der Waals surface area contributed by atoms with E-state index in [4.69, 9.17) is 5.11 Å². The number of likely N-dealkylation sites (N-methyl/N-ethyl adjacent to an activating group) is 1. The van der Waals surface area contributed by atoms with Gasteiger partial charge in [0.1, 0.15) is 0 Å². The van der Waals surface area contributed by atoms with Crippen LogP contribution in [0.5, 0.6) is 0 Å². The second-order valence-electron chi connectivity index (χ2n) is 5.33. The van der Waals surface area contributed by atoms with Crippen molar-refractivity contribution < 1.29 is 14.7 Å². The standard InChI is InChI=1S/C15H24N2O3S/c1-12(5-6-15(19)20)7-8-16-10-14(18)17(2)11-13-4-3-9-21-13/h3-4,9,12,16H,5-8,10-11H2,1-2H3,(H,19,20). The molecule has 0 saturated heterocycles. The number of carbonyl (C=O) groups excluding carboxylic acids is 1. The van der Waals surface area contributed by atoms with Crippen LogP contribution >= 0.6 is 11.3 Å². The Morgan fingerprint density at radius 3 is 2.81 bits per heavy atom. The van der Waals surface area contributed by atoms with E-state index in [-0.39, 0.29) is 12.3 Å². The summed E-state index contributed by atoms with van der Waals surface area (Å²) in [5.74, 6) is -0.325. The number of carbonyl (C=O) groups is 2. The summed E-state index contributed by atoms with van der Waals surface area (Å²) in [4.78, 5) is 25.3. The summed E-state index contributed by atoms with van der Waals surface area (Å²) in [6, 6.07) is 4.00. The summed E-state index contributed by atoms with van der Waals surface area (Å²) >= 11 is 1.65. The minimum atomic E-state index is -0.750. The van der Waals surface area contributed by atoms with Gasteiger partial charge < -0.3 is 15.3 Å². The van der Waals surface area contributed by atoms with Crippen molar-refractivity contribution in [3.8, 4) is 0 Å². The molecule has 1 rings (SSSR count). The molecule has 2 N–H and O–H groups in total. The molecule has 1 atom stereocenters. The Labute approximate surface area is 130 Å². The zero-order chi connectivity index (χ0) is 15.7. The maximum atomic E-state index is 11.9. The normalized spacial score (nSPS) is 12.1. The molecule has 0 bridgehead atoms. The number of amides is 1. The quantitative estimate of drug-likeness (QED) is 0.650. The first-order valence-corrected chi connectivity index (χ1v) is 8.06. The third-order valence-electron chi connectivity index (χ3n) is 3.34. The number of nitrogens with zero attached hydrogens (tertiary/aromatic N) is 1. The van der Waals surface area contributed by atoms with Crippen LogP contribution in [-0.4, -0.2) is 42.0 Å². The largest absolute Gasteiger partial charge is 0.481 e. The Balaban J connectivity index is 2.11. The molecule has 6 heteroatoms. The van der Waals surface area contributed by atoms with Gasteiger partial charge in [-0.3, -0.25) is 9.59 Å². The van der Waals surface area contributed by atoms with Crippen LogP contribution in [0.15, 0.2) is 17.5 Å². The summed E-state index contributed by atoms with van der Waals surface area (Å²) in [6.45, 7) is 3.75. The van der Waals surface area contributed by atoms with Gasteiger partial charge in [-0.2, -0.15) is 0 Å². The first-order chi connectivity index (χ1) is 9.99. The number of carboxylic acids is 1. The number of rotatable bonds is 10. The van der Waals surface area contributed by atoms with Crippen molar-refractivity contribution >= 4 is 23.2 Å². The van der Waals surface area contributed by atoms with Gasteiger partial charge in [0.05, 0.1) is 13.1 Å². The molecule has 21 heavy (non-hydrogen) atoms. The van der Waals surface area contributed by atoms with Crippen molar-refractivity contribution in [2.24, 2.45) is 5.92 Å². The predicted octanol–water partition coefficient (Wildman–Crippen LogP) is 2.19. The van der Waals surface area contributed by atoms with E-state index < -0.39 is 5.97 Å². The first-order valence-electron chi connectivity index (χ1n) is 7.18. The molecule has 1 unspecified atom stereocenters. The topological polar surface area (TPSA) is 69.6 Å². The van der Waals surface area contributed by atoms with Crippen LogP contribution in [0.2, 0.25) is 0 Å². The van der Waals surface area contributed by atoms with E-state index in [0.29, 0.717) is 25.4 Å². The second-order valence-corrected chi connectivity index (χ2v) is 6.36. The van der Waals surface area contributed by atoms with Gasteiger partial charge in [-0.25, -0.2) is 0 Å². The SMILES string of the molecule is CC(CCNCC(=O)N(C)Cc1cccs1)CCC(=O)O. The molecule has 0 fully saturated rings. The lowest BCUT2D eigenvalue weighted by atomic mass is 10.0. The average molecular weight is 312 g/mol. The van der Waals surface area contributed by atoms with Gasteiger partial charge >= 0.3 is 5.97 Å². The number of nitrogens with one attached hydrogen (secondary N) is 1.